The lowest BCUT2D eigenvalue weighted by atomic mass is 10.0. The quantitative estimate of drug-likeness (QED) is 0.501. The molecule has 132 valence electrons. The van der Waals surface area contributed by atoms with Gasteiger partial charge in [-0.05, 0) is 35.7 Å². The van der Waals surface area contributed by atoms with Crippen molar-refractivity contribution in [2.75, 3.05) is 6.54 Å². The molecule has 0 atom stereocenters. The van der Waals surface area contributed by atoms with Crippen LogP contribution in [0, 0.1) is 0 Å². The Hall–Kier alpha value is -3.12. The summed E-state index contributed by atoms with van der Waals surface area (Å²) in [6.07, 6.45) is 1.14. The summed E-state index contributed by atoms with van der Waals surface area (Å²) in [5, 5.41) is 9.89. The number of hydrogen-bond donors (Lipinski definition) is 3. The van der Waals surface area contributed by atoms with Gasteiger partial charge in [-0.1, -0.05) is 30.3 Å². The van der Waals surface area contributed by atoms with Gasteiger partial charge in [-0.25, -0.2) is 5.48 Å². The smallest absolute Gasteiger partial charge is 0.274 e. The van der Waals surface area contributed by atoms with E-state index in [1.54, 1.807) is 29.7 Å². The number of benzene rings is 2. The lowest BCUT2D eigenvalue weighted by molar-refractivity contribution is -0.131. The van der Waals surface area contributed by atoms with Crippen molar-refractivity contribution in [3.05, 3.63) is 70.9 Å². The third-order valence-corrected chi connectivity index (χ3v) is 4.91. The maximum Gasteiger partial charge on any atom is 0.274 e. The summed E-state index contributed by atoms with van der Waals surface area (Å²) < 4.78 is 0. The van der Waals surface area contributed by atoms with E-state index in [-0.39, 0.29) is 12.3 Å². The molecule has 3 aromatic rings. The first kappa shape index (κ1) is 16.4. The summed E-state index contributed by atoms with van der Waals surface area (Å²) in [6.45, 7) is 1.30. The van der Waals surface area contributed by atoms with Crippen LogP contribution in [0.5, 0.6) is 0 Å². The molecule has 2 heterocycles. The van der Waals surface area contributed by atoms with Gasteiger partial charge in [-0.3, -0.25) is 14.8 Å². The largest absolute Gasteiger partial charge is 0.357 e. The molecule has 6 heteroatoms. The van der Waals surface area contributed by atoms with Crippen LogP contribution in [0.3, 0.4) is 0 Å². The first-order valence-corrected chi connectivity index (χ1v) is 8.55. The molecule has 0 spiro atoms. The normalized spacial score (nSPS) is 13.5. The number of carbonyl (C=O) groups excluding carboxylic acids is 2. The molecule has 0 aliphatic carbocycles. The fourth-order valence-electron chi connectivity index (χ4n) is 3.53. The highest BCUT2D eigenvalue weighted by atomic mass is 16.5. The lowest BCUT2D eigenvalue weighted by Gasteiger charge is -2.27. The van der Waals surface area contributed by atoms with E-state index in [0.29, 0.717) is 18.7 Å². The molecule has 4 rings (SSSR count). The molecule has 6 nitrogen and oxygen atoms in total. The van der Waals surface area contributed by atoms with E-state index < -0.39 is 5.91 Å². The van der Waals surface area contributed by atoms with Crippen molar-refractivity contribution in [2.45, 2.75) is 19.4 Å². The second kappa shape index (κ2) is 6.65. The molecule has 0 radical (unpaired) electrons. The van der Waals surface area contributed by atoms with Gasteiger partial charge in [0.15, 0.2) is 0 Å². The maximum atomic E-state index is 12.7. The average molecular weight is 349 g/mol. The first-order valence-electron chi connectivity index (χ1n) is 8.55. The summed E-state index contributed by atoms with van der Waals surface area (Å²) >= 11 is 0. The topological polar surface area (TPSA) is 85.4 Å². The summed E-state index contributed by atoms with van der Waals surface area (Å²) in [6, 6.07) is 14.9. The zero-order valence-corrected chi connectivity index (χ0v) is 14.2. The number of fused-ring (bicyclic) bond motifs is 3. The molecule has 1 aliphatic heterocycles. The van der Waals surface area contributed by atoms with Crippen LogP contribution in [-0.4, -0.2) is 33.5 Å². The molecule has 0 fully saturated rings. The SMILES string of the molecule is O=C(NO)c1ccc(CC(=O)N2CCc3c([nH]c4ccccc34)C2)cc1. The summed E-state index contributed by atoms with van der Waals surface area (Å²) in [5.74, 6) is -0.501. The number of aromatic amines is 1. The first-order chi connectivity index (χ1) is 12.7. The van der Waals surface area contributed by atoms with E-state index >= 15 is 0 Å². The van der Waals surface area contributed by atoms with Crippen molar-refractivity contribution in [2.24, 2.45) is 0 Å². The van der Waals surface area contributed by atoms with Gasteiger partial charge in [0.25, 0.3) is 5.91 Å². The van der Waals surface area contributed by atoms with Crippen LogP contribution in [0.1, 0.15) is 27.2 Å². The van der Waals surface area contributed by atoms with Crippen molar-refractivity contribution in [1.82, 2.24) is 15.4 Å². The molecule has 26 heavy (non-hydrogen) atoms. The van der Waals surface area contributed by atoms with E-state index in [2.05, 4.69) is 17.1 Å². The van der Waals surface area contributed by atoms with Gasteiger partial charge in [0, 0.05) is 28.7 Å². The number of aromatic nitrogens is 1. The fourth-order valence-corrected chi connectivity index (χ4v) is 3.53. The average Bonchev–Trinajstić information content (AvgIpc) is 3.05. The number of nitrogens with one attached hydrogen (secondary N) is 2. The molecular weight excluding hydrogens is 330 g/mol. The number of hydrogen-bond acceptors (Lipinski definition) is 3. The van der Waals surface area contributed by atoms with E-state index in [0.717, 1.165) is 23.2 Å². The van der Waals surface area contributed by atoms with Crippen LogP contribution < -0.4 is 5.48 Å². The summed E-state index contributed by atoms with van der Waals surface area (Å²) in [7, 11) is 0. The second-order valence-electron chi connectivity index (χ2n) is 6.51. The molecule has 0 saturated carbocycles. The molecule has 3 N–H and O–H groups in total. The fraction of sp³-hybridized carbons (Fsp3) is 0.200. The second-order valence-corrected chi connectivity index (χ2v) is 6.51. The van der Waals surface area contributed by atoms with Gasteiger partial charge >= 0.3 is 0 Å². The monoisotopic (exact) mass is 349 g/mol. The molecule has 0 unspecified atom stereocenters. The van der Waals surface area contributed by atoms with Gasteiger partial charge in [0.2, 0.25) is 5.91 Å². The summed E-state index contributed by atoms with van der Waals surface area (Å²) in [4.78, 5) is 29.3. The van der Waals surface area contributed by atoms with Crippen molar-refractivity contribution in [3.63, 3.8) is 0 Å². The Morgan fingerprint density at radius 3 is 2.65 bits per heavy atom. The zero-order valence-electron chi connectivity index (χ0n) is 14.2. The number of rotatable bonds is 3. The summed E-state index contributed by atoms with van der Waals surface area (Å²) in [5.41, 5.74) is 6.32. The zero-order chi connectivity index (χ0) is 18.1. The Morgan fingerprint density at radius 2 is 1.88 bits per heavy atom. The van der Waals surface area contributed by atoms with Crippen LogP contribution in [0.2, 0.25) is 0 Å². The van der Waals surface area contributed by atoms with Crippen molar-refractivity contribution < 1.29 is 14.8 Å². The highest BCUT2D eigenvalue weighted by molar-refractivity contribution is 5.93. The van der Waals surface area contributed by atoms with Crippen molar-refractivity contribution in [1.29, 1.82) is 0 Å². The van der Waals surface area contributed by atoms with E-state index in [4.69, 9.17) is 5.21 Å². The standard InChI is InChI=1S/C20H19N3O3/c24-19(11-13-5-7-14(8-6-13)20(25)22-26)23-10-9-16-15-3-1-2-4-17(15)21-18(16)12-23/h1-8,21,26H,9-12H2,(H,22,25). The van der Waals surface area contributed by atoms with Gasteiger partial charge < -0.3 is 9.88 Å². The lowest BCUT2D eigenvalue weighted by Crippen LogP contribution is -2.36. The molecule has 2 aromatic carbocycles. The minimum atomic E-state index is -0.565. The van der Waals surface area contributed by atoms with Gasteiger partial charge in [0.1, 0.15) is 0 Å². The third kappa shape index (κ3) is 2.95. The van der Waals surface area contributed by atoms with Gasteiger partial charge in [-0.2, -0.15) is 0 Å². The molecule has 0 bridgehead atoms. The maximum absolute atomic E-state index is 12.7. The number of nitrogens with zero attached hydrogens (tertiary/aromatic N) is 1. The van der Waals surface area contributed by atoms with Crippen LogP contribution in [0.15, 0.2) is 48.5 Å². The van der Waals surface area contributed by atoms with Gasteiger partial charge in [-0.15, -0.1) is 0 Å². The molecule has 1 aromatic heterocycles. The van der Waals surface area contributed by atoms with Crippen molar-refractivity contribution >= 4 is 22.7 Å². The minimum Gasteiger partial charge on any atom is -0.357 e. The predicted molar refractivity (Wildman–Crippen MR) is 96.8 cm³/mol. The Bertz CT molecular complexity index is 976. The molecule has 0 saturated heterocycles. The number of para-hydroxylation sites is 1. The number of carbonyl (C=O) groups is 2. The molecular formula is C20H19N3O3. The van der Waals surface area contributed by atoms with Gasteiger partial charge in [0.05, 0.1) is 13.0 Å². The Labute approximate surface area is 150 Å². The van der Waals surface area contributed by atoms with Crippen LogP contribution in [-0.2, 0) is 24.2 Å². The number of amides is 2. The van der Waals surface area contributed by atoms with Crippen LogP contribution in [0.4, 0.5) is 0 Å². The highest BCUT2D eigenvalue weighted by Crippen LogP contribution is 2.27. The number of H-pyrrole nitrogens is 1. The van der Waals surface area contributed by atoms with Crippen LogP contribution in [0.25, 0.3) is 10.9 Å². The van der Waals surface area contributed by atoms with Crippen LogP contribution >= 0.6 is 0 Å². The number of hydroxylamine groups is 1. The highest BCUT2D eigenvalue weighted by Gasteiger charge is 2.23. The Balaban J connectivity index is 1.47. The molecule has 2 amide bonds. The Kier molecular flexibility index (Phi) is 4.18. The van der Waals surface area contributed by atoms with E-state index in [1.807, 2.05) is 17.0 Å². The molecule has 1 aliphatic rings. The van der Waals surface area contributed by atoms with Crippen molar-refractivity contribution in [3.8, 4) is 0 Å². The third-order valence-electron chi connectivity index (χ3n) is 4.91. The predicted octanol–water partition coefficient (Wildman–Crippen LogP) is 2.41. The van der Waals surface area contributed by atoms with E-state index in [1.165, 1.54) is 10.9 Å². The Morgan fingerprint density at radius 1 is 1.12 bits per heavy atom. The minimum absolute atomic E-state index is 0.0636. The van der Waals surface area contributed by atoms with E-state index in [9.17, 15) is 9.59 Å².